The van der Waals surface area contributed by atoms with Crippen LogP contribution >= 0.6 is 0 Å². The second-order valence-electron chi connectivity index (χ2n) is 9.92. The van der Waals surface area contributed by atoms with Gasteiger partial charge in [0.25, 0.3) is 5.91 Å². The van der Waals surface area contributed by atoms with Crippen LogP contribution in [0.15, 0.2) is 18.2 Å². The summed E-state index contributed by atoms with van der Waals surface area (Å²) in [4.78, 5) is 33.6. The summed E-state index contributed by atoms with van der Waals surface area (Å²) in [5.41, 5.74) is 3.07. The van der Waals surface area contributed by atoms with Crippen LogP contribution in [-0.2, 0) is 11.3 Å². The summed E-state index contributed by atoms with van der Waals surface area (Å²) in [5, 5.41) is 0. The van der Waals surface area contributed by atoms with Crippen molar-refractivity contribution in [3.63, 3.8) is 0 Å². The van der Waals surface area contributed by atoms with Gasteiger partial charge in [0, 0.05) is 30.7 Å². The molecule has 154 valence electrons. The first kappa shape index (κ1) is 17.9. The second kappa shape index (κ2) is 6.56. The molecule has 1 aromatic rings. The van der Waals surface area contributed by atoms with Gasteiger partial charge in [-0.3, -0.25) is 14.5 Å². The lowest BCUT2D eigenvalue weighted by Gasteiger charge is -2.59. The van der Waals surface area contributed by atoms with Gasteiger partial charge < -0.3 is 9.80 Å². The molecule has 2 amide bonds. The Kier molecular flexibility index (Phi) is 4.06. The number of aryl methyl sites for hydroxylation is 1. The van der Waals surface area contributed by atoms with Gasteiger partial charge in [-0.1, -0.05) is 12.1 Å². The number of hydrogen-bond acceptors (Lipinski definition) is 3. The van der Waals surface area contributed by atoms with Crippen molar-refractivity contribution >= 4 is 11.8 Å². The zero-order valence-electron chi connectivity index (χ0n) is 17.3. The minimum Gasteiger partial charge on any atom is -0.337 e. The fraction of sp³-hybridized carbons (Fsp3) is 0.667. The first-order valence-electron chi connectivity index (χ1n) is 11.6. The molecule has 0 N–H and O–H groups in total. The van der Waals surface area contributed by atoms with Gasteiger partial charge in [0.1, 0.15) is 6.04 Å². The predicted octanol–water partition coefficient (Wildman–Crippen LogP) is 2.81. The van der Waals surface area contributed by atoms with E-state index >= 15 is 0 Å². The highest BCUT2D eigenvalue weighted by Gasteiger charge is 2.53. The molecule has 0 saturated carbocycles. The highest BCUT2D eigenvalue weighted by atomic mass is 16.2. The number of fused-ring (bicyclic) bond motifs is 3. The maximum absolute atomic E-state index is 13.7. The van der Waals surface area contributed by atoms with Crippen molar-refractivity contribution in [3.05, 3.63) is 34.9 Å². The number of hydrogen-bond donors (Lipinski definition) is 0. The van der Waals surface area contributed by atoms with Crippen LogP contribution in [0.1, 0.15) is 60.0 Å². The largest absolute Gasteiger partial charge is 0.337 e. The Hall–Kier alpha value is -1.88. The van der Waals surface area contributed by atoms with Gasteiger partial charge >= 0.3 is 0 Å². The topological polar surface area (TPSA) is 43.9 Å². The molecule has 5 atom stereocenters. The van der Waals surface area contributed by atoms with Crippen molar-refractivity contribution in [2.75, 3.05) is 19.6 Å². The molecule has 6 rings (SSSR count). The quantitative estimate of drug-likeness (QED) is 0.737. The molecule has 4 fully saturated rings. The van der Waals surface area contributed by atoms with Gasteiger partial charge in [-0.2, -0.15) is 0 Å². The van der Waals surface area contributed by atoms with Crippen molar-refractivity contribution in [2.24, 2.45) is 11.8 Å². The lowest BCUT2D eigenvalue weighted by Crippen LogP contribution is -2.69. The van der Waals surface area contributed by atoms with Gasteiger partial charge in [-0.25, -0.2) is 0 Å². The molecule has 4 saturated heterocycles. The number of piperidine rings is 4. The molecule has 5 aliphatic heterocycles. The first-order chi connectivity index (χ1) is 14.1. The number of carbonyl (C=O) groups excluding carboxylic acids is 2. The van der Waals surface area contributed by atoms with Crippen molar-refractivity contribution in [1.29, 1.82) is 0 Å². The van der Waals surface area contributed by atoms with Crippen LogP contribution < -0.4 is 0 Å². The Morgan fingerprint density at radius 2 is 1.79 bits per heavy atom. The fourth-order valence-corrected chi connectivity index (χ4v) is 7.31. The van der Waals surface area contributed by atoms with Crippen molar-refractivity contribution in [3.8, 4) is 0 Å². The number of rotatable bonds is 1. The molecule has 5 heterocycles. The van der Waals surface area contributed by atoms with Crippen LogP contribution in [0.4, 0.5) is 0 Å². The normalized spacial score (nSPS) is 36.7. The van der Waals surface area contributed by atoms with Crippen molar-refractivity contribution in [2.45, 2.75) is 70.1 Å². The first-order valence-corrected chi connectivity index (χ1v) is 11.6. The van der Waals surface area contributed by atoms with Crippen molar-refractivity contribution < 1.29 is 9.59 Å². The molecule has 5 nitrogen and oxygen atoms in total. The van der Waals surface area contributed by atoms with E-state index in [1.165, 1.54) is 38.8 Å². The monoisotopic (exact) mass is 393 g/mol. The molecule has 0 spiro atoms. The van der Waals surface area contributed by atoms with Crippen LogP contribution in [0.3, 0.4) is 0 Å². The SMILES string of the molecule is Cc1cccc2c1CN(C1CC[C@@H]3[C@H]4CCCN5CCC[C@@H](CN3C1=O)[C@@H]45)C2=O. The zero-order chi connectivity index (χ0) is 19.7. The molecule has 0 aromatic heterocycles. The molecular formula is C24H31N3O2. The van der Waals surface area contributed by atoms with Gasteiger partial charge in [0.2, 0.25) is 5.91 Å². The average Bonchev–Trinajstić information content (AvgIpc) is 3.07. The molecule has 0 bridgehead atoms. The molecule has 1 aromatic carbocycles. The van der Waals surface area contributed by atoms with Crippen LogP contribution in [0.2, 0.25) is 0 Å². The standard InChI is InChI=1S/C24H31N3O2/c1-15-5-2-7-17-19(15)14-27(23(17)28)21-10-9-20-18-8-4-12-25-11-3-6-16(22(18)25)13-26(20)24(21)29/h2,5,7,16,18,20-22H,3-4,6,8-14H2,1H3/t16-,18+,20+,21?,22-/m0/s1. The highest BCUT2D eigenvalue weighted by Crippen LogP contribution is 2.45. The van der Waals surface area contributed by atoms with Crippen LogP contribution in [0, 0.1) is 18.8 Å². The summed E-state index contributed by atoms with van der Waals surface area (Å²) < 4.78 is 0. The van der Waals surface area contributed by atoms with E-state index in [1.54, 1.807) is 0 Å². The molecular weight excluding hydrogens is 362 g/mol. The average molecular weight is 394 g/mol. The Balaban J connectivity index is 1.27. The van der Waals surface area contributed by atoms with E-state index in [1.807, 2.05) is 17.0 Å². The Labute approximate surface area is 173 Å². The fourth-order valence-electron chi connectivity index (χ4n) is 7.31. The lowest BCUT2D eigenvalue weighted by atomic mass is 9.67. The maximum atomic E-state index is 13.7. The molecule has 0 radical (unpaired) electrons. The van der Waals surface area contributed by atoms with Crippen LogP contribution in [-0.4, -0.2) is 64.3 Å². The Morgan fingerprint density at radius 3 is 2.62 bits per heavy atom. The number of benzene rings is 1. The van der Waals surface area contributed by atoms with E-state index < -0.39 is 0 Å². The predicted molar refractivity (Wildman–Crippen MR) is 110 cm³/mol. The number of amides is 2. The number of nitrogens with zero attached hydrogens (tertiary/aromatic N) is 3. The summed E-state index contributed by atoms with van der Waals surface area (Å²) in [6.07, 6.45) is 6.94. The second-order valence-corrected chi connectivity index (χ2v) is 9.92. The summed E-state index contributed by atoms with van der Waals surface area (Å²) >= 11 is 0. The lowest BCUT2D eigenvalue weighted by molar-refractivity contribution is -0.157. The van der Waals surface area contributed by atoms with E-state index in [2.05, 4.69) is 22.8 Å². The van der Waals surface area contributed by atoms with E-state index in [-0.39, 0.29) is 17.9 Å². The van der Waals surface area contributed by atoms with Crippen LogP contribution in [0.25, 0.3) is 0 Å². The Bertz CT molecular complexity index is 866. The van der Waals surface area contributed by atoms with Crippen LogP contribution in [0.5, 0.6) is 0 Å². The maximum Gasteiger partial charge on any atom is 0.255 e. The minimum absolute atomic E-state index is 0.0527. The summed E-state index contributed by atoms with van der Waals surface area (Å²) in [5.74, 6) is 1.54. The third kappa shape index (κ3) is 2.56. The smallest absolute Gasteiger partial charge is 0.255 e. The van der Waals surface area contributed by atoms with E-state index in [0.717, 1.165) is 36.1 Å². The summed E-state index contributed by atoms with van der Waals surface area (Å²) in [6.45, 7) is 6.07. The molecule has 1 unspecified atom stereocenters. The third-order valence-electron chi connectivity index (χ3n) is 8.58. The molecule has 5 heteroatoms. The minimum atomic E-state index is -0.273. The summed E-state index contributed by atoms with van der Waals surface area (Å²) in [7, 11) is 0. The van der Waals surface area contributed by atoms with E-state index in [4.69, 9.17) is 0 Å². The highest BCUT2D eigenvalue weighted by molar-refractivity contribution is 6.01. The number of carbonyl (C=O) groups is 2. The zero-order valence-corrected chi connectivity index (χ0v) is 17.3. The molecule has 29 heavy (non-hydrogen) atoms. The van der Waals surface area contributed by atoms with E-state index in [9.17, 15) is 9.59 Å². The van der Waals surface area contributed by atoms with E-state index in [0.29, 0.717) is 30.5 Å². The van der Waals surface area contributed by atoms with Crippen molar-refractivity contribution in [1.82, 2.24) is 14.7 Å². The van der Waals surface area contributed by atoms with Gasteiger partial charge in [0.15, 0.2) is 0 Å². The molecule has 0 aliphatic carbocycles. The summed E-state index contributed by atoms with van der Waals surface area (Å²) in [6, 6.07) is 6.76. The van der Waals surface area contributed by atoms with Gasteiger partial charge in [-0.15, -0.1) is 0 Å². The van der Waals surface area contributed by atoms with Gasteiger partial charge in [0.05, 0.1) is 0 Å². The third-order valence-corrected chi connectivity index (χ3v) is 8.58. The molecule has 5 aliphatic rings. The Morgan fingerprint density at radius 1 is 0.966 bits per heavy atom. The van der Waals surface area contributed by atoms with Gasteiger partial charge in [-0.05, 0) is 87.6 Å².